The van der Waals surface area contributed by atoms with Gasteiger partial charge in [0.2, 0.25) is 0 Å². The predicted octanol–water partition coefficient (Wildman–Crippen LogP) is 12.9. The standard InChI is InChI=1S/C47H29N3S/c1-2-9-30(10-3-1)32-17-22-34(23-18-32)45-48-46(50-47(49-45)41-14-8-16-43-44(41)40-13-6-7-15-42(40)51-43)38-26-21-33-20-25-37(28-39(33)29-38)36-24-19-31-11-4-5-12-35(31)27-36/h1-29H. The van der Waals surface area contributed by atoms with Crippen molar-refractivity contribution in [3.8, 4) is 56.4 Å². The second kappa shape index (κ2) is 12.1. The zero-order valence-electron chi connectivity index (χ0n) is 27.5. The molecule has 2 aromatic heterocycles. The van der Waals surface area contributed by atoms with Crippen molar-refractivity contribution in [1.29, 1.82) is 0 Å². The Bertz CT molecular complexity index is 2910. The Kier molecular flexibility index (Phi) is 7.00. The first-order valence-electron chi connectivity index (χ1n) is 17.1. The Balaban J connectivity index is 1.13. The minimum absolute atomic E-state index is 0.649. The lowest BCUT2D eigenvalue weighted by molar-refractivity contribution is 1.08. The molecule has 0 fully saturated rings. The summed E-state index contributed by atoms with van der Waals surface area (Å²) in [4.78, 5) is 15.5. The highest BCUT2D eigenvalue weighted by atomic mass is 32.1. The first kappa shape index (κ1) is 29.4. The Hall–Kier alpha value is -6.49. The van der Waals surface area contributed by atoms with E-state index in [2.05, 4.69) is 170 Å². The first-order chi connectivity index (χ1) is 25.2. The van der Waals surface area contributed by atoms with E-state index in [0.29, 0.717) is 17.5 Å². The van der Waals surface area contributed by atoms with Gasteiger partial charge in [-0.05, 0) is 74.1 Å². The molecule has 0 aliphatic rings. The van der Waals surface area contributed by atoms with Crippen LogP contribution in [0.2, 0.25) is 0 Å². The van der Waals surface area contributed by atoms with Crippen molar-refractivity contribution in [2.75, 3.05) is 0 Å². The molecule has 2 heterocycles. The van der Waals surface area contributed by atoms with Crippen LogP contribution < -0.4 is 0 Å². The van der Waals surface area contributed by atoms with E-state index >= 15 is 0 Å². The summed E-state index contributed by atoms with van der Waals surface area (Å²) < 4.78 is 2.47. The molecule has 0 saturated carbocycles. The monoisotopic (exact) mass is 667 g/mol. The number of thiophene rings is 1. The normalized spacial score (nSPS) is 11.5. The molecule has 0 radical (unpaired) electrons. The highest BCUT2D eigenvalue weighted by molar-refractivity contribution is 7.25. The quantitative estimate of drug-likeness (QED) is 0.183. The van der Waals surface area contributed by atoms with Crippen LogP contribution in [0.15, 0.2) is 176 Å². The van der Waals surface area contributed by atoms with E-state index in [1.807, 2.05) is 6.07 Å². The Morgan fingerprint density at radius 2 is 0.843 bits per heavy atom. The van der Waals surface area contributed by atoms with Crippen molar-refractivity contribution in [3.63, 3.8) is 0 Å². The molecule has 0 bridgehead atoms. The third-order valence-electron chi connectivity index (χ3n) is 9.71. The smallest absolute Gasteiger partial charge is 0.164 e. The predicted molar refractivity (Wildman–Crippen MR) is 215 cm³/mol. The van der Waals surface area contributed by atoms with Gasteiger partial charge >= 0.3 is 0 Å². The molecule has 238 valence electrons. The number of hydrogen-bond donors (Lipinski definition) is 0. The molecule has 0 saturated heterocycles. The lowest BCUT2D eigenvalue weighted by Gasteiger charge is -2.11. The largest absolute Gasteiger partial charge is 0.208 e. The van der Waals surface area contributed by atoms with Crippen LogP contribution in [0.25, 0.3) is 98.1 Å². The summed E-state index contributed by atoms with van der Waals surface area (Å²) in [6, 6.07) is 62.3. The van der Waals surface area contributed by atoms with Gasteiger partial charge in [0.15, 0.2) is 17.5 Å². The fraction of sp³-hybridized carbons (Fsp3) is 0. The molecule has 0 unspecified atom stereocenters. The Morgan fingerprint density at radius 3 is 1.65 bits per heavy atom. The Morgan fingerprint density at radius 1 is 0.314 bits per heavy atom. The van der Waals surface area contributed by atoms with Gasteiger partial charge in [0.25, 0.3) is 0 Å². The molecule has 4 heteroatoms. The summed E-state index contributed by atoms with van der Waals surface area (Å²) in [6.07, 6.45) is 0. The molecular formula is C47H29N3S. The van der Waals surface area contributed by atoms with Crippen molar-refractivity contribution in [2.45, 2.75) is 0 Å². The third-order valence-corrected chi connectivity index (χ3v) is 10.8. The van der Waals surface area contributed by atoms with E-state index in [1.165, 1.54) is 53.0 Å². The molecule has 3 nitrogen and oxygen atoms in total. The topological polar surface area (TPSA) is 38.7 Å². The van der Waals surface area contributed by atoms with Gasteiger partial charge in [0.1, 0.15) is 0 Å². The van der Waals surface area contributed by atoms with Gasteiger partial charge in [-0.2, -0.15) is 0 Å². The maximum Gasteiger partial charge on any atom is 0.164 e. The van der Waals surface area contributed by atoms with E-state index in [-0.39, 0.29) is 0 Å². The molecule has 0 amide bonds. The molecule has 0 N–H and O–H groups in total. The number of nitrogens with zero attached hydrogens (tertiary/aromatic N) is 3. The molecule has 8 aromatic carbocycles. The van der Waals surface area contributed by atoms with Crippen molar-refractivity contribution in [1.82, 2.24) is 15.0 Å². The van der Waals surface area contributed by atoms with Crippen LogP contribution in [0.1, 0.15) is 0 Å². The van der Waals surface area contributed by atoms with Gasteiger partial charge in [-0.3, -0.25) is 0 Å². The maximum atomic E-state index is 5.21. The lowest BCUT2D eigenvalue weighted by Crippen LogP contribution is -2.00. The fourth-order valence-corrected chi connectivity index (χ4v) is 8.22. The van der Waals surface area contributed by atoms with Gasteiger partial charge in [-0.15, -0.1) is 11.3 Å². The third kappa shape index (κ3) is 5.34. The minimum atomic E-state index is 0.649. The van der Waals surface area contributed by atoms with Crippen LogP contribution in [0.3, 0.4) is 0 Å². The summed E-state index contributed by atoms with van der Waals surface area (Å²) in [5, 5.41) is 7.18. The molecule has 0 atom stereocenters. The van der Waals surface area contributed by atoms with Gasteiger partial charge in [-0.25, -0.2) is 15.0 Å². The van der Waals surface area contributed by atoms with Crippen molar-refractivity contribution in [3.05, 3.63) is 176 Å². The van der Waals surface area contributed by atoms with Crippen molar-refractivity contribution < 1.29 is 0 Å². The molecular weight excluding hydrogens is 639 g/mol. The molecule has 0 spiro atoms. The average molecular weight is 668 g/mol. The van der Waals surface area contributed by atoms with E-state index in [4.69, 9.17) is 15.0 Å². The van der Waals surface area contributed by atoms with E-state index < -0.39 is 0 Å². The Labute approximate surface area is 299 Å². The zero-order chi connectivity index (χ0) is 33.7. The average Bonchev–Trinajstić information content (AvgIpc) is 3.59. The van der Waals surface area contributed by atoms with Crippen LogP contribution in [0.5, 0.6) is 0 Å². The SMILES string of the molecule is c1ccc(-c2ccc(-c3nc(-c4ccc5ccc(-c6ccc7ccccc7c6)cc5c4)nc(-c4cccc5sc6ccccc6c45)n3)cc2)cc1. The highest BCUT2D eigenvalue weighted by Crippen LogP contribution is 2.40. The van der Waals surface area contributed by atoms with E-state index in [1.54, 1.807) is 11.3 Å². The summed E-state index contributed by atoms with van der Waals surface area (Å²) in [5.41, 5.74) is 7.61. The minimum Gasteiger partial charge on any atom is -0.208 e. The number of benzene rings is 8. The van der Waals surface area contributed by atoms with Crippen LogP contribution in [-0.4, -0.2) is 15.0 Å². The number of hydrogen-bond acceptors (Lipinski definition) is 4. The molecule has 0 aliphatic carbocycles. The lowest BCUT2D eigenvalue weighted by atomic mass is 9.97. The van der Waals surface area contributed by atoms with Gasteiger partial charge in [0.05, 0.1) is 0 Å². The molecule has 51 heavy (non-hydrogen) atoms. The van der Waals surface area contributed by atoms with Crippen LogP contribution in [0.4, 0.5) is 0 Å². The van der Waals surface area contributed by atoms with E-state index in [0.717, 1.165) is 27.6 Å². The van der Waals surface area contributed by atoms with Crippen molar-refractivity contribution >= 4 is 53.1 Å². The van der Waals surface area contributed by atoms with Crippen molar-refractivity contribution in [2.24, 2.45) is 0 Å². The number of rotatable bonds is 5. The summed E-state index contributed by atoms with van der Waals surface area (Å²) in [6.45, 7) is 0. The summed E-state index contributed by atoms with van der Waals surface area (Å²) in [7, 11) is 0. The zero-order valence-corrected chi connectivity index (χ0v) is 28.3. The first-order valence-corrected chi connectivity index (χ1v) is 17.9. The molecule has 10 rings (SSSR count). The molecule has 10 aromatic rings. The maximum absolute atomic E-state index is 5.21. The fourth-order valence-electron chi connectivity index (χ4n) is 7.09. The molecule has 0 aliphatic heterocycles. The summed E-state index contributed by atoms with van der Waals surface area (Å²) in [5.74, 6) is 1.97. The van der Waals surface area contributed by atoms with E-state index in [9.17, 15) is 0 Å². The summed E-state index contributed by atoms with van der Waals surface area (Å²) >= 11 is 1.80. The van der Waals surface area contributed by atoms with Gasteiger partial charge < -0.3 is 0 Å². The second-order valence-electron chi connectivity index (χ2n) is 12.9. The van der Waals surface area contributed by atoms with Crippen LogP contribution >= 0.6 is 11.3 Å². The van der Waals surface area contributed by atoms with Gasteiger partial charge in [-0.1, -0.05) is 146 Å². The number of aromatic nitrogens is 3. The van der Waals surface area contributed by atoms with Gasteiger partial charge in [0, 0.05) is 36.9 Å². The highest BCUT2D eigenvalue weighted by Gasteiger charge is 2.17. The van der Waals surface area contributed by atoms with Crippen LogP contribution in [-0.2, 0) is 0 Å². The second-order valence-corrected chi connectivity index (χ2v) is 13.9. The number of fused-ring (bicyclic) bond motifs is 5. The van der Waals surface area contributed by atoms with Crippen LogP contribution in [0, 0.1) is 0 Å².